The van der Waals surface area contributed by atoms with Crippen molar-refractivity contribution in [2.75, 3.05) is 40.5 Å². The predicted molar refractivity (Wildman–Crippen MR) is 122 cm³/mol. The summed E-state index contributed by atoms with van der Waals surface area (Å²) in [5.41, 5.74) is -0.652. The van der Waals surface area contributed by atoms with E-state index in [4.69, 9.17) is 14.2 Å². The van der Waals surface area contributed by atoms with Crippen LogP contribution in [-0.2, 0) is 20.4 Å². The first-order valence-corrected chi connectivity index (χ1v) is 12.3. The molecule has 1 atom stereocenters. The van der Waals surface area contributed by atoms with E-state index in [9.17, 15) is 18.0 Å². The molecule has 0 bridgehead atoms. The summed E-state index contributed by atoms with van der Waals surface area (Å²) in [4.78, 5) is 27.0. The summed E-state index contributed by atoms with van der Waals surface area (Å²) < 4.78 is 42.4. The number of ether oxygens (including phenoxy) is 3. The molecule has 0 radical (unpaired) electrons. The number of hydrogen-bond donors (Lipinski definition) is 1. The van der Waals surface area contributed by atoms with Crippen molar-refractivity contribution in [3.05, 3.63) is 48.0 Å². The molecule has 0 saturated carbocycles. The van der Waals surface area contributed by atoms with Gasteiger partial charge in [0.15, 0.2) is 11.5 Å². The number of carbonyl (C=O) groups excluding carboxylic acids is 2. The molecule has 1 unspecified atom stereocenters. The van der Waals surface area contributed by atoms with Crippen LogP contribution in [0.4, 0.5) is 4.79 Å². The lowest BCUT2D eigenvalue weighted by molar-refractivity contribution is -0.131. The fraction of sp³-hybridized carbons (Fsp3) is 0.391. The summed E-state index contributed by atoms with van der Waals surface area (Å²) >= 11 is 0. The summed E-state index contributed by atoms with van der Waals surface area (Å²) in [7, 11) is -0.621. The van der Waals surface area contributed by atoms with Crippen LogP contribution in [0.25, 0.3) is 0 Å². The number of carbonyl (C=O) groups is 2. The van der Waals surface area contributed by atoms with Crippen LogP contribution in [0.5, 0.6) is 17.2 Å². The summed E-state index contributed by atoms with van der Waals surface area (Å²) in [6.45, 7) is 2.80. The molecule has 3 amide bonds. The predicted octanol–water partition coefficient (Wildman–Crippen LogP) is 1.94. The molecule has 10 nitrogen and oxygen atoms in total. The van der Waals surface area contributed by atoms with Gasteiger partial charge in [-0.1, -0.05) is 6.07 Å². The minimum atomic E-state index is -3.53. The van der Waals surface area contributed by atoms with Crippen LogP contribution in [-0.4, -0.2) is 70.0 Å². The van der Waals surface area contributed by atoms with E-state index in [-0.39, 0.29) is 18.0 Å². The quantitative estimate of drug-likeness (QED) is 0.591. The van der Waals surface area contributed by atoms with Crippen molar-refractivity contribution in [1.29, 1.82) is 0 Å². The number of sulfonamides is 1. The molecule has 4 rings (SSSR count). The minimum Gasteiger partial charge on any atom is -0.492 e. The minimum absolute atomic E-state index is 0.0303. The van der Waals surface area contributed by atoms with Crippen molar-refractivity contribution in [3.8, 4) is 17.2 Å². The van der Waals surface area contributed by atoms with Crippen molar-refractivity contribution < 1.29 is 32.2 Å². The van der Waals surface area contributed by atoms with Crippen LogP contribution in [0.2, 0.25) is 0 Å². The molecule has 1 fully saturated rings. The molecule has 0 aliphatic carbocycles. The molecule has 2 aliphatic heterocycles. The van der Waals surface area contributed by atoms with E-state index in [0.29, 0.717) is 36.0 Å². The van der Waals surface area contributed by atoms with Crippen molar-refractivity contribution in [2.24, 2.45) is 0 Å². The van der Waals surface area contributed by atoms with Crippen LogP contribution in [0.15, 0.2) is 47.4 Å². The first-order chi connectivity index (χ1) is 16.1. The summed E-state index contributed by atoms with van der Waals surface area (Å²) in [6, 6.07) is 10.6. The Balaban J connectivity index is 1.41. The lowest BCUT2D eigenvalue weighted by Crippen LogP contribution is -2.41. The van der Waals surface area contributed by atoms with Gasteiger partial charge in [-0.15, -0.1) is 0 Å². The molecule has 2 aromatic carbocycles. The van der Waals surface area contributed by atoms with E-state index in [2.05, 4.69) is 5.32 Å². The number of nitrogens with one attached hydrogen (secondary N) is 1. The number of hydrogen-bond acceptors (Lipinski definition) is 7. The highest BCUT2D eigenvalue weighted by atomic mass is 32.2. The monoisotopic (exact) mass is 489 g/mol. The summed E-state index contributed by atoms with van der Waals surface area (Å²) in [6.07, 6.45) is 0.763. The van der Waals surface area contributed by atoms with E-state index < -0.39 is 27.5 Å². The lowest BCUT2D eigenvalue weighted by atomic mass is 9.91. The summed E-state index contributed by atoms with van der Waals surface area (Å²) in [5.74, 6) is 1.18. The van der Waals surface area contributed by atoms with Crippen LogP contribution in [0.3, 0.4) is 0 Å². The number of amides is 3. The molecule has 0 aromatic heterocycles. The average Bonchev–Trinajstić information content (AvgIpc) is 2.96. The number of nitrogens with zero attached hydrogens (tertiary/aromatic N) is 2. The largest absolute Gasteiger partial charge is 0.492 e. The number of urea groups is 1. The van der Waals surface area contributed by atoms with Gasteiger partial charge in [-0.25, -0.2) is 17.5 Å². The summed E-state index contributed by atoms with van der Waals surface area (Å²) in [5, 5.41) is 2.77. The molecule has 1 saturated heterocycles. The maximum atomic E-state index is 13.2. The number of fused-ring (bicyclic) bond motifs is 1. The number of imide groups is 1. The van der Waals surface area contributed by atoms with E-state index in [1.165, 1.54) is 38.4 Å². The van der Waals surface area contributed by atoms with E-state index in [0.717, 1.165) is 15.6 Å². The second-order valence-electron chi connectivity index (χ2n) is 8.33. The number of rotatable bonds is 7. The highest BCUT2D eigenvalue weighted by Crippen LogP contribution is 2.36. The molecule has 2 heterocycles. The Morgan fingerprint density at radius 3 is 2.41 bits per heavy atom. The zero-order chi connectivity index (χ0) is 24.5. The van der Waals surface area contributed by atoms with Gasteiger partial charge in [0, 0.05) is 20.5 Å². The normalized spacial score (nSPS) is 20.3. The highest BCUT2D eigenvalue weighted by molar-refractivity contribution is 7.89. The van der Waals surface area contributed by atoms with Crippen molar-refractivity contribution in [3.63, 3.8) is 0 Å². The van der Waals surface area contributed by atoms with E-state index in [1.807, 2.05) is 0 Å². The second kappa shape index (κ2) is 9.15. The van der Waals surface area contributed by atoms with Gasteiger partial charge in [0.2, 0.25) is 10.0 Å². The van der Waals surface area contributed by atoms with Gasteiger partial charge in [-0.3, -0.25) is 9.69 Å². The highest BCUT2D eigenvalue weighted by Gasteiger charge is 2.49. The molecular weight excluding hydrogens is 462 g/mol. The molecule has 2 aromatic rings. The van der Waals surface area contributed by atoms with Gasteiger partial charge in [0.05, 0.1) is 24.7 Å². The van der Waals surface area contributed by atoms with E-state index >= 15 is 0 Å². The second-order valence-corrected chi connectivity index (χ2v) is 10.5. The molecule has 0 spiro atoms. The zero-order valence-corrected chi connectivity index (χ0v) is 20.1. The Bertz CT molecular complexity index is 1200. The van der Waals surface area contributed by atoms with E-state index in [1.54, 1.807) is 25.1 Å². The third-order valence-electron chi connectivity index (χ3n) is 5.79. The SMILES string of the molecule is CN(C)S(=O)(=O)c1ccc(OCCN2C(=O)NC(C)(c3ccc4c(c3)OCCCO4)C2=O)cc1. The molecule has 182 valence electrons. The smallest absolute Gasteiger partial charge is 0.325 e. The van der Waals surface area contributed by atoms with Crippen LogP contribution in [0.1, 0.15) is 18.9 Å². The van der Waals surface area contributed by atoms with Gasteiger partial charge in [-0.05, 0) is 48.9 Å². The van der Waals surface area contributed by atoms with Gasteiger partial charge in [-0.2, -0.15) is 0 Å². The first kappa shape index (κ1) is 23.8. The molecule has 2 aliphatic rings. The maximum absolute atomic E-state index is 13.2. The third kappa shape index (κ3) is 4.40. The zero-order valence-electron chi connectivity index (χ0n) is 19.2. The van der Waals surface area contributed by atoms with Gasteiger partial charge in [0.25, 0.3) is 5.91 Å². The Morgan fingerprint density at radius 1 is 1.06 bits per heavy atom. The Hall–Kier alpha value is -3.31. The Morgan fingerprint density at radius 2 is 1.74 bits per heavy atom. The van der Waals surface area contributed by atoms with Crippen molar-refractivity contribution in [2.45, 2.75) is 23.8 Å². The van der Waals surface area contributed by atoms with Crippen LogP contribution < -0.4 is 19.5 Å². The van der Waals surface area contributed by atoms with Crippen LogP contribution in [0, 0.1) is 0 Å². The lowest BCUT2D eigenvalue weighted by Gasteiger charge is -2.23. The molecular formula is C23H27N3O7S. The van der Waals surface area contributed by atoms with Gasteiger partial charge < -0.3 is 19.5 Å². The van der Waals surface area contributed by atoms with Crippen molar-refractivity contribution >= 4 is 22.0 Å². The van der Waals surface area contributed by atoms with Crippen molar-refractivity contribution in [1.82, 2.24) is 14.5 Å². The Labute approximate surface area is 198 Å². The maximum Gasteiger partial charge on any atom is 0.325 e. The molecule has 1 N–H and O–H groups in total. The third-order valence-corrected chi connectivity index (χ3v) is 7.62. The van der Waals surface area contributed by atoms with Gasteiger partial charge >= 0.3 is 6.03 Å². The Kier molecular flexibility index (Phi) is 6.41. The average molecular weight is 490 g/mol. The molecule has 11 heteroatoms. The van der Waals surface area contributed by atoms with Crippen LogP contribution >= 0.6 is 0 Å². The fourth-order valence-electron chi connectivity index (χ4n) is 3.74. The molecule has 34 heavy (non-hydrogen) atoms. The standard InChI is InChI=1S/C23H27N3O7S/c1-23(16-5-10-19-20(15-16)33-13-4-12-32-19)21(27)26(22(28)24-23)11-14-31-17-6-8-18(9-7-17)34(29,30)25(2)3/h5-10,15H,4,11-14H2,1-3H3,(H,24,28). The fourth-order valence-corrected chi connectivity index (χ4v) is 4.65. The number of benzene rings is 2. The van der Waals surface area contributed by atoms with Gasteiger partial charge in [0.1, 0.15) is 17.9 Å². The first-order valence-electron chi connectivity index (χ1n) is 10.8. The topological polar surface area (TPSA) is 114 Å².